The first-order valence-corrected chi connectivity index (χ1v) is 6.83. The molecule has 1 unspecified atom stereocenters. The summed E-state index contributed by atoms with van der Waals surface area (Å²) in [4.78, 5) is 8.54. The van der Waals surface area contributed by atoms with Crippen molar-refractivity contribution in [2.75, 3.05) is 30.8 Å². The Morgan fingerprint density at radius 3 is 3.00 bits per heavy atom. The summed E-state index contributed by atoms with van der Waals surface area (Å²) >= 11 is 0. The number of nitrogen functional groups attached to an aromatic ring is 1. The highest BCUT2D eigenvalue weighted by atomic mass is 16.5. The van der Waals surface area contributed by atoms with Crippen molar-refractivity contribution < 1.29 is 9.47 Å². The molecule has 6 heteroatoms. The second kappa shape index (κ2) is 6.56. The Bertz CT molecular complexity index is 419. The quantitative estimate of drug-likeness (QED) is 0.816. The summed E-state index contributed by atoms with van der Waals surface area (Å²) in [5.41, 5.74) is 6.49. The smallest absolute Gasteiger partial charge is 0.242 e. The van der Waals surface area contributed by atoms with Gasteiger partial charge < -0.3 is 20.5 Å². The van der Waals surface area contributed by atoms with Crippen molar-refractivity contribution in [3.05, 3.63) is 5.82 Å². The van der Waals surface area contributed by atoms with Crippen LogP contribution in [0.1, 0.15) is 32.0 Å². The Morgan fingerprint density at radius 2 is 2.32 bits per heavy atom. The number of aryl methyl sites for hydroxylation is 1. The number of nitrogens with one attached hydrogen (secondary N) is 1. The zero-order chi connectivity index (χ0) is 13.7. The molecule has 0 radical (unpaired) electrons. The van der Waals surface area contributed by atoms with E-state index in [1.807, 2.05) is 13.8 Å². The van der Waals surface area contributed by atoms with Crippen molar-refractivity contribution in [1.29, 1.82) is 0 Å². The van der Waals surface area contributed by atoms with E-state index in [2.05, 4.69) is 15.3 Å². The zero-order valence-electron chi connectivity index (χ0n) is 11.6. The summed E-state index contributed by atoms with van der Waals surface area (Å²) in [6.07, 6.45) is 3.36. The van der Waals surface area contributed by atoms with Gasteiger partial charge in [-0.15, -0.1) is 0 Å². The van der Waals surface area contributed by atoms with Gasteiger partial charge in [0, 0.05) is 13.2 Å². The molecule has 6 nitrogen and oxygen atoms in total. The van der Waals surface area contributed by atoms with Crippen LogP contribution in [0.5, 0.6) is 5.88 Å². The summed E-state index contributed by atoms with van der Waals surface area (Å²) in [7, 11) is 0. The molecule has 0 aromatic carbocycles. The number of ether oxygens (including phenoxy) is 2. The number of hydrogen-bond donors (Lipinski definition) is 2. The first kappa shape index (κ1) is 13.9. The van der Waals surface area contributed by atoms with Crippen molar-refractivity contribution >= 4 is 11.5 Å². The normalized spacial score (nSPS) is 18.5. The molecular formula is C13H22N4O2. The van der Waals surface area contributed by atoms with Crippen LogP contribution in [-0.4, -0.2) is 35.8 Å². The van der Waals surface area contributed by atoms with E-state index in [4.69, 9.17) is 15.2 Å². The largest absolute Gasteiger partial charge is 0.476 e. The van der Waals surface area contributed by atoms with Crippen molar-refractivity contribution in [3.63, 3.8) is 0 Å². The molecule has 0 saturated carbocycles. The van der Waals surface area contributed by atoms with Crippen LogP contribution >= 0.6 is 0 Å². The standard InChI is InChI=1S/C13H22N4O2/c1-3-6-19-13-11(14)12(16-9(2)17-13)15-8-10-5-4-7-18-10/h10H,3-8,14H2,1-2H3,(H,15,16,17). The van der Waals surface area contributed by atoms with Gasteiger partial charge in [-0.1, -0.05) is 6.92 Å². The van der Waals surface area contributed by atoms with E-state index >= 15 is 0 Å². The number of nitrogens with two attached hydrogens (primary N) is 1. The topological polar surface area (TPSA) is 82.3 Å². The molecule has 1 aliphatic rings. The zero-order valence-corrected chi connectivity index (χ0v) is 11.6. The highest BCUT2D eigenvalue weighted by molar-refractivity contribution is 5.66. The van der Waals surface area contributed by atoms with E-state index in [1.54, 1.807) is 0 Å². The Hall–Kier alpha value is -1.56. The van der Waals surface area contributed by atoms with Gasteiger partial charge in [-0.05, 0) is 26.2 Å². The highest BCUT2D eigenvalue weighted by Gasteiger charge is 2.17. The molecule has 1 aromatic rings. The molecule has 1 saturated heterocycles. The number of hydrogen-bond acceptors (Lipinski definition) is 6. The van der Waals surface area contributed by atoms with Gasteiger partial charge in [-0.2, -0.15) is 4.98 Å². The predicted octanol–water partition coefficient (Wildman–Crippen LogP) is 1.75. The highest BCUT2D eigenvalue weighted by Crippen LogP contribution is 2.26. The van der Waals surface area contributed by atoms with Crippen LogP contribution in [0, 0.1) is 6.92 Å². The van der Waals surface area contributed by atoms with Crippen molar-refractivity contribution in [2.24, 2.45) is 0 Å². The second-order valence-electron chi connectivity index (χ2n) is 4.70. The fourth-order valence-corrected chi connectivity index (χ4v) is 2.01. The van der Waals surface area contributed by atoms with Gasteiger partial charge in [0.15, 0.2) is 5.82 Å². The van der Waals surface area contributed by atoms with Crippen molar-refractivity contribution in [3.8, 4) is 5.88 Å². The first-order chi connectivity index (χ1) is 9.20. The lowest BCUT2D eigenvalue weighted by Gasteiger charge is -2.15. The van der Waals surface area contributed by atoms with Gasteiger partial charge in [-0.25, -0.2) is 4.98 Å². The lowest BCUT2D eigenvalue weighted by molar-refractivity contribution is 0.120. The first-order valence-electron chi connectivity index (χ1n) is 6.83. The molecule has 106 valence electrons. The van der Waals surface area contributed by atoms with Gasteiger partial charge in [-0.3, -0.25) is 0 Å². The molecule has 1 aliphatic heterocycles. The van der Waals surface area contributed by atoms with E-state index in [-0.39, 0.29) is 6.10 Å². The Labute approximate surface area is 113 Å². The van der Waals surface area contributed by atoms with E-state index in [0.717, 1.165) is 25.9 Å². The Morgan fingerprint density at radius 1 is 1.47 bits per heavy atom. The third-order valence-electron chi connectivity index (χ3n) is 2.99. The molecule has 0 amide bonds. The number of aromatic nitrogens is 2. The summed E-state index contributed by atoms with van der Waals surface area (Å²) in [6.45, 7) is 6.03. The van der Waals surface area contributed by atoms with Crippen LogP contribution in [0.2, 0.25) is 0 Å². The summed E-state index contributed by atoms with van der Waals surface area (Å²) < 4.78 is 11.1. The molecule has 0 aliphatic carbocycles. The van der Waals surface area contributed by atoms with Crippen molar-refractivity contribution in [1.82, 2.24) is 9.97 Å². The molecule has 3 N–H and O–H groups in total. The van der Waals surface area contributed by atoms with Crippen LogP contribution < -0.4 is 15.8 Å². The second-order valence-corrected chi connectivity index (χ2v) is 4.70. The minimum Gasteiger partial charge on any atom is -0.476 e. The Kier molecular flexibility index (Phi) is 4.79. The van der Waals surface area contributed by atoms with Crippen LogP contribution in [0.3, 0.4) is 0 Å². The Balaban J connectivity index is 2.03. The summed E-state index contributed by atoms with van der Waals surface area (Å²) in [6, 6.07) is 0. The van der Waals surface area contributed by atoms with Gasteiger partial charge in [0.05, 0.1) is 12.7 Å². The third-order valence-corrected chi connectivity index (χ3v) is 2.99. The molecular weight excluding hydrogens is 244 g/mol. The van der Waals surface area contributed by atoms with E-state index in [1.165, 1.54) is 0 Å². The van der Waals surface area contributed by atoms with Crippen LogP contribution in [0.15, 0.2) is 0 Å². The van der Waals surface area contributed by atoms with E-state index < -0.39 is 0 Å². The monoisotopic (exact) mass is 266 g/mol. The van der Waals surface area contributed by atoms with Crippen LogP contribution in [0.25, 0.3) is 0 Å². The summed E-state index contributed by atoms with van der Waals surface area (Å²) in [5, 5.41) is 3.23. The van der Waals surface area contributed by atoms with E-state index in [9.17, 15) is 0 Å². The van der Waals surface area contributed by atoms with Crippen LogP contribution in [0.4, 0.5) is 11.5 Å². The van der Waals surface area contributed by atoms with Gasteiger partial charge >= 0.3 is 0 Å². The maximum atomic E-state index is 6.02. The average molecular weight is 266 g/mol. The number of rotatable bonds is 6. The predicted molar refractivity (Wildman–Crippen MR) is 74.4 cm³/mol. The molecule has 0 bridgehead atoms. The molecule has 2 rings (SSSR count). The maximum absolute atomic E-state index is 6.02. The maximum Gasteiger partial charge on any atom is 0.242 e. The minimum atomic E-state index is 0.245. The fourth-order valence-electron chi connectivity index (χ4n) is 2.01. The lowest BCUT2D eigenvalue weighted by Crippen LogP contribution is -2.20. The molecule has 19 heavy (non-hydrogen) atoms. The van der Waals surface area contributed by atoms with Crippen LogP contribution in [-0.2, 0) is 4.74 Å². The molecule has 1 aromatic heterocycles. The fraction of sp³-hybridized carbons (Fsp3) is 0.692. The number of nitrogens with zero attached hydrogens (tertiary/aromatic N) is 2. The third kappa shape index (κ3) is 3.70. The molecule has 1 atom stereocenters. The molecule has 2 heterocycles. The summed E-state index contributed by atoms with van der Waals surface area (Å²) in [5.74, 6) is 1.74. The van der Waals surface area contributed by atoms with Crippen molar-refractivity contribution in [2.45, 2.75) is 39.2 Å². The van der Waals surface area contributed by atoms with E-state index in [0.29, 0.717) is 36.4 Å². The number of anilines is 2. The van der Waals surface area contributed by atoms with Gasteiger partial charge in [0.25, 0.3) is 0 Å². The van der Waals surface area contributed by atoms with Gasteiger partial charge in [0.1, 0.15) is 11.5 Å². The average Bonchev–Trinajstić information content (AvgIpc) is 2.91. The molecule has 1 fully saturated rings. The van der Waals surface area contributed by atoms with Gasteiger partial charge in [0.2, 0.25) is 5.88 Å². The molecule has 0 spiro atoms. The SMILES string of the molecule is CCCOc1nc(C)nc(NCC2CCCO2)c1N. The lowest BCUT2D eigenvalue weighted by atomic mass is 10.2. The minimum absolute atomic E-state index is 0.245.